The van der Waals surface area contributed by atoms with Gasteiger partial charge in [0.1, 0.15) is 5.82 Å². The Hall–Kier alpha value is -1.19. The average molecular weight is 263 g/mol. The lowest BCUT2D eigenvalue weighted by Gasteiger charge is -2.13. The summed E-state index contributed by atoms with van der Waals surface area (Å²) in [5.41, 5.74) is 3.29. The molecule has 18 heavy (non-hydrogen) atoms. The fraction of sp³-hybridized carbons (Fsp3) is 0.333. The van der Waals surface area contributed by atoms with Crippen LogP contribution in [0.2, 0.25) is 0 Å². The molecular weight excluding hydrogens is 245 g/mol. The van der Waals surface area contributed by atoms with Gasteiger partial charge in [-0.15, -0.1) is 11.3 Å². The largest absolute Gasteiger partial charge is 0.310 e. The number of nitrogens with one attached hydrogen (secondary N) is 1. The van der Waals surface area contributed by atoms with E-state index in [9.17, 15) is 4.39 Å². The summed E-state index contributed by atoms with van der Waals surface area (Å²) in [6.07, 6.45) is 0. The van der Waals surface area contributed by atoms with E-state index < -0.39 is 0 Å². The van der Waals surface area contributed by atoms with Crippen LogP contribution in [-0.2, 0) is 6.54 Å². The van der Waals surface area contributed by atoms with Crippen LogP contribution in [0.4, 0.5) is 4.39 Å². The first-order valence-electron chi connectivity index (χ1n) is 6.14. The molecule has 3 heteroatoms. The Bertz CT molecular complexity index is 531. The van der Waals surface area contributed by atoms with E-state index in [0.717, 1.165) is 23.2 Å². The number of aryl methyl sites for hydroxylation is 1. The van der Waals surface area contributed by atoms with Gasteiger partial charge in [0.25, 0.3) is 0 Å². The zero-order chi connectivity index (χ0) is 13.1. The Morgan fingerprint density at radius 1 is 1.22 bits per heavy atom. The molecule has 0 fully saturated rings. The fourth-order valence-electron chi connectivity index (χ4n) is 1.93. The zero-order valence-corrected chi connectivity index (χ0v) is 11.8. The molecule has 1 heterocycles. The van der Waals surface area contributed by atoms with Crippen molar-refractivity contribution in [1.29, 1.82) is 0 Å². The molecule has 1 nitrogen and oxygen atoms in total. The third-order valence-electron chi connectivity index (χ3n) is 2.92. The summed E-state index contributed by atoms with van der Waals surface area (Å²) in [5, 5.41) is 5.43. The van der Waals surface area contributed by atoms with Gasteiger partial charge in [0.2, 0.25) is 0 Å². The third kappa shape index (κ3) is 2.98. The van der Waals surface area contributed by atoms with Gasteiger partial charge >= 0.3 is 0 Å². The van der Waals surface area contributed by atoms with Crippen LogP contribution in [0, 0.1) is 12.7 Å². The Balaban J connectivity index is 2.38. The van der Waals surface area contributed by atoms with Crippen LogP contribution in [-0.4, -0.2) is 6.04 Å². The second-order valence-corrected chi connectivity index (χ2v) is 5.85. The van der Waals surface area contributed by atoms with Gasteiger partial charge in [0.05, 0.1) is 0 Å². The van der Waals surface area contributed by atoms with Gasteiger partial charge < -0.3 is 5.32 Å². The molecule has 2 rings (SSSR count). The maximum atomic E-state index is 13.5. The Morgan fingerprint density at radius 3 is 2.61 bits per heavy atom. The third-order valence-corrected chi connectivity index (χ3v) is 3.77. The molecule has 2 aromatic rings. The molecule has 0 radical (unpaired) electrons. The minimum atomic E-state index is -0.177. The van der Waals surface area contributed by atoms with Gasteiger partial charge in [-0.05, 0) is 47.2 Å². The smallest absolute Gasteiger partial charge is 0.123 e. The molecule has 0 atom stereocenters. The van der Waals surface area contributed by atoms with E-state index in [1.807, 2.05) is 6.07 Å². The molecule has 96 valence electrons. The van der Waals surface area contributed by atoms with Crippen LogP contribution in [0.25, 0.3) is 11.1 Å². The Morgan fingerprint density at radius 2 is 2.00 bits per heavy atom. The minimum absolute atomic E-state index is 0.177. The van der Waals surface area contributed by atoms with Gasteiger partial charge in [-0.1, -0.05) is 19.9 Å². The van der Waals surface area contributed by atoms with E-state index in [2.05, 4.69) is 37.5 Å². The van der Waals surface area contributed by atoms with Gasteiger partial charge in [0.15, 0.2) is 0 Å². The lowest BCUT2D eigenvalue weighted by molar-refractivity contribution is 0.587. The maximum absolute atomic E-state index is 13.5. The topological polar surface area (TPSA) is 12.0 Å². The summed E-state index contributed by atoms with van der Waals surface area (Å²) < 4.78 is 13.5. The molecule has 0 saturated heterocycles. The SMILES string of the molecule is Cc1sccc1-c1cc(F)ccc1CNC(C)C. The molecule has 1 aromatic heterocycles. The molecule has 0 aliphatic rings. The number of halogens is 1. The summed E-state index contributed by atoms with van der Waals surface area (Å²) in [6, 6.07) is 7.52. The lowest BCUT2D eigenvalue weighted by atomic mass is 10.00. The predicted molar refractivity (Wildman–Crippen MR) is 76.4 cm³/mol. The summed E-state index contributed by atoms with van der Waals surface area (Å²) in [6.45, 7) is 7.06. The fourth-order valence-corrected chi connectivity index (χ4v) is 2.65. The Kier molecular flexibility index (Phi) is 4.15. The molecule has 0 spiro atoms. The second-order valence-electron chi connectivity index (χ2n) is 4.73. The van der Waals surface area contributed by atoms with Crippen LogP contribution >= 0.6 is 11.3 Å². The molecule has 0 aliphatic carbocycles. The van der Waals surface area contributed by atoms with Crippen molar-refractivity contribution in [2.75, 3.05) is 0 Å². The molecule has 0 aliphatic heterocycles. The van der Waals surface area contributed by atoms with Gasteiger partial charge in [-0.25, -0.2) is 4.39 Å². The number of thiophene rings is 1. The highest BCUT2D eigenvalue weighted by atomic mass is 32.1. The van der Waals surface area contributed by atoms with Crippen LogP contribution in [0.15, 0.2) is 29.6 Å². The molecule has 1 aromatic carbocycles. The van der Waals surface area contributed by atoms with Gasteiger partial charge in [-0.2, -0.15) is 0 Å². The van der Waals surface area contributed by atoms with Crippen molar-refractivity contribution in [3.8, 4) is 11.1 Å². The summed E-state index contributed by atoms with van der Waals surface area (Å²) in [4.78, 5) is 1.23. The molecule has 1 N–H and O–H groups in total. The summed E-state index contributed by atoms with van der Waals surface area (Å²) in [5.74, 6) is -0.177. The second kappa shape index (κ2) is 5.63. The standard InChI is InChI=1S/C15H18FNS/c1-10(2)17-9-12-4-5-13(16)8-15(12)14-6-7-18-11(14)3/h4-8,10,17H,9H2,1-3H3. The van der Waals surface area contributed by atoms with E-state index in [0.29, 0.717) is 6.04 Å². The minimum Gasteiger partial charge on any atom is -0.310 e. The van der Waals surface area contributed by atoms with Crippen LogP contribution in [0.1, 0.15) is 24.3 Å². The first-order chi connectivity index (χ1) is 8.58. The van der Waals surface area contributed by atoms with Crippen LogP contribution < -0.4 is 5.32 Å². The van der Waals surface area contributed by atoms with Crippen LogP contribution in [0.5, 0.6) is 0 Å². The van der Waals surface area contributed by atoms with Crippen molar-refractivity contribution in [2.45, 2.75) is 33.4 Å². The van der Waals surface area contributed by atoms with Crippen molar-refractivity contribution in [2.24, 2.45) is 0 Å². The van der Waals surface area contributed by atoms with Gasteiger partial charge in [-0.3, -0.25) is 0 Å². The molecule has 0 unspecified atom stereocenters. The van der Waals surface area contributed by atoms with E-state index in [4.69, 9.17) is 0 Å². The van der Waals surface area contributed by atoms with Crippen LogP contribution in [0.3, 0.4) is 0 Å². The number of rotatable bonds is 4. The van der Waals surface area contributed by atoms with Crippen molar-refractivity contribution in [1.82, 2.24) is 5.32 Å². The summed E-state index contributed by atoms with van der Waals surface area (Å²) in [7, 11) is 0. The quantitative estimate of drug-likeness (QED) is 0.864. The van der Waals surface area contributed by atoms with E-state index in [1.54, 1.807) is 17.4 Å². The zero-order valence-electron chi connectivity index (χ0n) is 11.0. The Labute approximate surface area is 112 Å². The highest BCUT2D eigenvalue weighted by molar-refractivity contribution is 7.10. The number of benzene rings is 1. The van der Waals surface area contributed by atoms with E-state index >= 15 is 0 Å². The average Bonchev–Trinajstić information content (AvgIpc) is 2.73. The molecule has 0 bridgehead atoms. The molecule has 0 saturated carbocycles. The van der Waals surface area contributed by atoms with Crippen molar-refractivity contribution in [3.63, 3.8) is 0 Å². The van der Waals surface area contributed by atoms with E-state index in [-0.39, 0.29) is 5.82 Å². The van der Waals surface area contributed by atoms with Crippen molar-refractivity contribution >= 4 is 11.3 Å². The van der Waals surface area contributed by atoms with Crippen molar-refractivity contribution in [3.05, 3.63) is 45.9 Å². The highest BCUT2D eigenvalue weighted by Crippen LogP contribution is 2.30. The van der Waals surface area contributed by atoms with Crippen molar-refractivity contribution < 1.29 is 4.39 Å². The summed E-state index contributed by atoms with van der Waals surface area (Å²) >= 11 is 1.70. The number of hydrogen-bond donors (Lipinski definition) is 1. The maximum Gasteiger partial charge on any atom is 0.123 e. The predicted octanol–water partition coefficient (Wildman–Crippen LogP) is 4.36. The first-order valence-corrected chi connectivity index (χ1v) is 7.02. The number of hydrogen-bond acceptors (Lipinski definition) is 2. The molecular formula is C15H18FNS. The molecule has 0 amide bonds. The first kappa shape index (κ1) is 13.2. The van der Waals surface area contributed by atoms with E-state index in [1.165, 1.54) is 10.9 Å². The van der Waals surface area contributed by atoms with Gasteiger partial charge in [0, 0.05) is 17.5 Å². The lowest BCUT2D eigenvalue weighted by Crippen LogP contribution is -2.22. The normalized spacial score (nSPS) is 11.2. The monoisotopic (exact) mass is 263 g/mol. The highest BCUT2D eigenvalue weighted by Gasteiger charge is 2.10.